The van der Waals surface area contributed by atoms with E-state index < -0.39 is 0 Å². The van der Waals surface area contributed by atoms with Crippen LogP contribution in [0.25, 0.3) is 143 Å². The summed E-state index contributed by atoms with van der Waals surface area (Å²) in [6.45, 7) is 0. The maximum Gasteiger partial charge on any atom is 0.162 e. The predicted molar refractivity (Wildman–Crippen MR) is 312 cm³/mol. The maximum absolute atomic E-state index is 5.41. The van der Waals surface area contributed by atoms with E-state index in [1.807, 2.05) is 59.9 Å². The van der Waals surface area contributed by atoms with Gasteiger partial charge in [0.1, 0.15) is 11.6 Å². The minimum Gasteiger partial charge on any atom is -0.294 e. The lowest BCUT2D eigenvalue weighted by atomic mass is 10.0. The van der Waals surface area contributed by atoms with Gasteiger partial charge in [-0.1, -0.05) is 206 Å². The van der Waals surface area contributed by atoms with Crippen LogP contribution in [0.2, 0.25) is 0 Å². The molecule has 15 aromatic rings. The van der Waals surface area contributed by atoms with Crippen molar-refractivity contribution in [2.75, 3.05) is 0 Å². The molecule has 6 nitrogen and oxygen atoms in total. The Bertz CT molecular complexity index is 4250. The Labute approximate surface area is 435 Å². The average molecular weight is 975 g/mol. The highest BCUT2D eigenvalue weighted by molar-refractivity contribution is 7.27. The molecule has 5 heterocycles. The van der Waals surface area contributed by atoms with Gasteiger partial charge in [0.2, 0.25) is 0 Å². The number of benzene rings is 10. The smallest absolute Gasteiger partial charge is 0.162 e. The summed E-state index contributed by atoms with van der Waals surface area (Å²) in [7, 11) is 0. The zero-order valence-corrected chi connectivity index (χ0v) is 41.2. The first kappa shape index (κ1) is 42.8. The molecule has 7 heteroatoms. The lowest BCUT2D eigenvalue weighted by Crippen LogP contribution is -2.02. The molecule has 75 heavy (non-hydrogen) atoms. The standard InChI is InChI=1S/C68H42N6S/c1-7-19-43(20-8-1)49-31-35-57-53(39-49)63-59(73(57)61-41-55(45-23-11-3-12-24-45)69-67(71-61)47-27-15-5-16-28-47)37-33-51-52-34-38-60-64(66(52)75-65(51)63)54-40-50(44-21-9-2-10-22-44)32-36-58(54)74(60)62-42-56(46-25-13-4-14-26-46)70-68(72-62)48-29-17-6-18-30-48/h1-42H. The van der Waals surface area contributed by atoms with Crippen LogP contribution in [0.3, 0.4) is 0 Å². The van der Waals surface area contributed by atoms with Crippen LogP contribution < -0.4 is 0 Å². The lowest BCUT2D eigenvalue weighted by molar-refractivity contribution is 1.05. The number of rotatable bonds is 8. The number of hydrogen-bond donors (Lipinski definition) is 0. The van der Waals surface area contributed by atoms with Gasteiger partial charge < -0.3 is 0 Å². The zero-order valence-electron chi connectivity index (χ0n) is 40.3. The molecule has 0 aliphatic carbocycles. The summed E-state index contributed by atoms with van der Waals surface area (Å²) in [6.07, 6.45) is 0. The highest BCUT2D eigenvalue weighted by Crippen LogP contribution is 2.49. The van der Waals surface area contributed by atoms with Crippen molar-refractivity contribution in [2.45, 2.75) is 0 Å². The number of hydrogen-bond acceptors (Lipinski definition) is 5. The van der Waals surface area contributed by atoms with Crippen molar-refractivity contribution < 1.29 is 0 Å². The van der Waals surface area contributed by atoms with E-state index in [4.69, 9.17) is 19.9 Å². The SMILES string of the molecule is c1ccc(-c2ccc3c(c2)c2c4sc5c(ccc6c5c5cc(-c7ccccc7)ccc5n6-c5cc(-c6ccccc6)nc(-c6ccccc6)n5)c4ccc2n3-c2cc(-c3ccccc3)nc(-c3ccccc3)n2)cc1. The lowest BCUT2D eigenvalue weighted by Gasteiger charge is -2.12. The van der Waals surface area contributed by atoms with Gasteiger partial charge >= 0.3 is 0 Å². The van der Waals surface area contributed by atoms with E-state index in [2.05, 4.69) is 215 Å². The molecule has 0 fully saturated rings. The summed E-state index contributed by atoms with van der Waals surface area (Å²) in [6, 6.07) is 90.1. The van der Waals surface area contributed by atoms with Gasteiger partial charge in [0.15, 0.2) is 11.6 Å². The van der Waals surface area contributed by atoms with Gasteiger partial charge in [-0.3, -0.25) is 9.13 Å². The van der Waals surface area contributed by atoms with Gasteiger partial charge in [-0.15, -0.1) is 11.3 Å². The number of nitrogens with zero attached hydrogens (tertiary/aromatic N) is 6. The van der Waals surface area contributed by atoms with Crippen molar-refractivity contribution in [3.05, 3.63) is 255 Å². The predicted octanol–water partition coefficient (Wildman–Crippen LogP) is 17.8. The molecular weight excluding hydrogens is 933 g/mol. The Kier molecular flexibility index (Phi) is 9.96. The Balaban J connectivity index is 1.04. The first-order chi connectivity index (χ1) is 37.2. The molecule has 0 saturated heterocycles. The van der Waals surface area contributed by atoms with Crippen molar-refractivity contribution in [3.8, 4) is 79.2 Å². The second-order valence-corrected chi connectivity index (χ2v) is 20.0. The third kappa shape index (κ3) is 7.16. The highest BCUT2D eigenvalue weighted by Gasteiger charge is 2.24. The Morgan fingerprint density at radius 3 is 0.960 bits per heavy atom. The summed E-state index contributed by atoms with van der Waals surface area (Å²) in [4.78, 5) is 21.2. The molecular formula is C68H42N6S. The molecule has 350 valence electrons. The van der Waals surface area contributed by atoms with Gasteiger partial charge in [0.25, 0.3) is 0 Å². The fraction of sp³-hybridized carbons (Fsp3) is 0. The summed E-state index contributed by atoms with van der Waals surface area (Å²) in [5, 5.41) is 7.15. The molecule has 10 aromatic carbocycles. The number of thiophene rings is 1. The van der Waals surface area contributed by atoms with E-state index in [1.54, 1.807) is 0 Å². The minimum atomic E-state index is 0.676. The van der Waals surface area contributed by atoms with Crippen LogP contribution >= 0.6 is 11.3 Å². The molecule has 0 bridgehead atoms. The summed E-state index contributed by atoms with van der Waals surface area (Å²) in [5.74, 6) is 2.97. The van der Waals surface area contributed by atoms with E-state index in [9.17, 15) is 0 Å². The van der Waals surface area contributed by atoms with Gasteiger partial charge in [-0.25, -0.2) is 19.9 Å². The van der Waals surface area contributed by atoms with Crippen molar-refractivity contribution >= 4 is 75.1 Å². The normalized spacial score (nSPS) is 11.7. The van der Waals surface area contributed by atoms with Crippen molar-refractivity contribution in [3.63, 3.8) is 0 Å². The molecule has 5 aromatic heterocycles. The second-order valence-electron chi connectivity index (χ2n) is 19.0. The summed E-state index contributed by atoms with van der Waals surface area (Å²) in [5.41, 5.74) is 14.7. The van der Waals surface area contributed by atoms with Gasteiger partial charge in [0.05, 0.1) is 33.5 Å². The zero-order chi connectivity index (χ0) is 49.4. The fourth-order valence-corrected chi connectivity index (χ4v) is 12.5. The molecule has 0 radical (unpaired) electrons. The van der Waals surface area contributed by atoms with Gasteiger partial charge in [0, 0.05) is 76.1 Å². The second kappa shape index (κ2) is 17.4. The fourth-order valence-electron chi connectivity index (χ4n) is 11.1. The first-order valence-corrected chi connectivity index (χ1v) is 26.0. The third-order valence-electron chi connectivity index (χ3n) is 14.6. The van der Waals surface area contributed by atoms with E-state index in [1.165, 1.54) is 42.1 Å². The number of fused-ring (bicyclic) bond motifs is 11. The van der Waals surface area contributed by atoms with E-state index in [0.29, 0.717) is 11.6 Å². The Hall–Kier alpha value is -9.82. The average Bonchev–Trinajstić information content (AvgIpc) is 4.24. The summed E-state index contributed by atoms with van der Waals surface area (Å²) < 4.78 is 7.15. The van der Waals surface area contributed by atoms with E-state index in [-0.39, 0.29) is 0 Å². The van der Waals surface area contributed by atoms with Crippen LogP contribution in [0.5, 0.6) is 0 Å². The molecule has 0 aliphatic heterocycles. The van der Waals surface area contributed by atoms with Crippen LogP contribution in [-0.2, 0) is 0 Å². The summed E-state index contributed by atoms with van der Waals surface area (Å²) >= 11 is 1.88. The first-order valence-electron chi connectivity index (χ1n) is 25.2. The molecule has 0 unspecified atom stereocenters. The van der Waals surface area contributed by atoms with Crippen molar-refractivity contribution in [2.24, 2.45) is 0 Å². The van der Waals surface area contributed by atoms with Gasteiger partial charge in [-0.05, 0) is 58.7 Å². The largest absolute Gasteiger partial charge is 0.294 e. The molecule has 15 rings (SSSR count). The number of aromatic nitrogens is 6. The van der Waals surface area contributed by atoms with Crippen LogP contribution in [0.4, 0.5) is 0 Å². The van der Waals surface area contributed by atoms with Crippen LogP contribution in [0, 0.1) is 0 Å². The monoisotopic (exact) mass is 974 g/mol. The van der Waals surface area contributed by atoms with Crippen LogP contribution in [-0.4, -0.2) is 29.1 Å². The van der Waals surface area contributed by atoms with E-state index >= 15 is 0 Å². The molecule has 0 aliphatic rings. The third-order valence-corrected chi connectivity index (χ3v) is 15.8. The van der Waals surface area contributed by atoms with Gasteiger partial charge in [-0.2, -0.15) is 0 Å². The van der Waals surface area contributed by atoms with E-state index in [0.717, 1.165) is 89.2 Å². The highest BCUT2D eigenvalue weighted by atomic mass is 32.1. The molecule has 0 atom stereocenters. The van der Waals surface area contributed by atoms with Crippen molar-refractivity contribution in [1.29, 1.82) is 0 Å². The van der Waals surface area contributed by atoms with Crippen molar-refractivity contribution in [1.82, 2.24) is 29.1 Å². The Morgan fingerprint density at radius 1 is 0.253 bits per heavy atom. The molecule has 0 spiro atoms. The van der Waals surface area contributed by atoms with Crippen LogP contribution in [0.1, 0.15) is 0 Å². The minimum absolute atomic E-state index is 0.676. The Morgan fingerprint density at radius 2 is 0.587 bits per heavy atom. The molecule has 0 saturated carbocycles. The van der Waals surface area contributed by atoms with Crippen LogP contribution in [0.15, 0.2) is 255 Å². The molecule has 0 N–H and O–H groups in total. The molecule has 0 amide bonds. The topological polar surface area (TPSA) is 61.4 Å². The maximum atomic E-state index is 5.41. The quantitative estimate of drug-likeness (QED) is 0.152.